The summed E-state index contributed by atoms with van der Waals surface area (Å²) in [5.41, 5.74) is -0.400. The average molecular weight is 299 g/mol. The molecule has 120 valence electrons. The minimum atomic E-state index is -0.510. The third-order valence-electron chi connectivity index (χ3n) is 3.30. The zero-order valence-corrected chi connectivity index (χ0v) is 13.4. The van der Waals surface area contributed by atoms with Crippen LogP contribution in [0.4, 0.5) is 4.79 Å². The maximum absolute atomic E-state index is 11.8. The van der Waals surface area contributed by atoms with E-state index in [1.165, 1.54) is 7.11 Å². The number of methoxy groups -OCH3 is 1. The molecule has 0 saturated carbocycles. The molecule has 21 heavy (non-hydrogen) atoms. The van der Waals surface area contributed by atoms with E-state index in [1.54, 1.807) is 0 Å². The van der Waals surface area contributed by atoms with Crippen LogP contribution in [-0.4, -0.2) is 55.1 Å². The van der Waals surface area contributed by atoms with Crippen LogP contribution in [0.5, 0.6) is 0 Å². The molecule has 2 atom stereocenters. The fourth-order valence-electron chi connectivity index (χ4n) is 2.40. The van der Waals surface area contributed by atoms with Gasteiger partial charge in [0.05, 0.1) is 19.6 Å². The Morgan fingerprint density at radius 2 is 1.86 bits per heavy atom. The Morgan fingerprint density at radius 3 is 2.38 bits per heavy atom. The minimum Gasteiger partial charge on any atom is -0.469 e. The number of carbonyl (C=O) groups is 3. The number of nitrogens with one attached hydrogen (secondary N) is 2. The van der Waals surface area contributed by atoms with Crippen molar-refractivity contribution in [2.45, 2.75) is 33.2 Å². The van der Waals surface area contributed by atoms with Gasteiger partial charge in [0.2, 0.25) is 5.91 Å². The summed E-state index contributed by atoms with van der Waals surface area (Å²) in [6, 6.07) is -0.510. The molecule has 7 nitrogen and oxygen atoms in total. The number of rotatable bonds is 3. The Bertz CT molecular complexity index is 417. The largest absolute Gasteiger partial charge is 0.469 e. The summed E-state index contributed by atoms with van der Waals surface area (Å²) in [7, 11) is 1.36. The molecule has 0 aliphatic carbocycles. The van der Waals surface area contributed by atoms with Crippen molar-refractivity contribution in [3.05, 3.63) is 0 Å². The number of imide groups is 1. The number of ether oxygens (including phenoxy) is 1. The van der Waals surface area contributed by atoms with E-state index in [2.05, 4.69) is 10.6 Å². The molecule has 0 aromatic carbocycles. The second-order valence-corrected chi connectivity index (χ2v) is 6.55. The van der Waals surface area contributed by atoms with Crippen LogP contribution in [0.2, 0.25) is 0 Å². The lowest BCUT2D eigenvalue weighted by Gasteiger charge is -2.21. The number of likely N-dealkylation sites (tertiary alicyclic amines) is 1. The van der Waals surface area contributed by atoms with Crippen molar-refractivity contribution in [3.63, 3.8) is 0 Å². The molecule has 1 aliphatic heterocycles. The summed E-state index contributed by atoms with van der Waals surface area (Å²) in [4.78, 5) is 36.8. The van der Waals surface area contributed by atoms with Crippen LogP contribution in [0.25, 0.3) is 0 Å². The van der Waals surface area contributed by atoms with Crippen molar-refractivity contribution in [3.8, 4) is 0 Å². The quantitative estimate of drug-likeness (QED) is 0.734. The van der Waals surface area contributed by atoms with Crippen LogP contribution in [0.1, 0.15) is 27.7 Å². The zero-order chi connectivity index (χ0) is 16.2. The second kappa shape index (κ2) is 6.89. The van der Waals surface area contributed by atoms with Gasteiger partial charge in [0.1, 0.15) is 0 Å². The second-order valence-electron chi connectivity index (χ2n) is 6.55. The number of nitrogens with zero attached hydrogens (tertiary/aromatic N) is 1. The molecule has 2 N–H and O–H groups in total. The fourth-order valence-corrected chi connectivity index (χ4v) is 2.40. The average Bonchev–Trinajstić information content (AvgIpc) is 2.66. The molecule has 1 aliphatic rings. The molecule has 0 bridgehead atoms. The summed E-state index contributed by atoms with van der Waals surface area (Å²) in [6.07, 6.45) is 0. The number of amides is 3. The monoisotopic (exact) mass is 299 g/mol. The molecule has 2 unspecified atom stereocenters. The Morgan fingerprint density at radius 1 is 1.24 bits per heavy atom. The molecule has 0 spiro atoms. The van der Waals surface area contributed by atoms with Crippen LogP contribution < -0.4 is 10.6 Å². The number of hydrogen-bond acceptors (Lipinski definition) is 5. The van der Waals surface area contributed by atoms with Gasteiger partial charge in [-0.15, -0.1) is 0 Å². The van der Waals surface area contributed by atoms with Crippen molar-refractivity contribution in [2.75, 3.05) is 26.7 Å². The molecular weight excluding hydrogens is 274 g/mol. The fraction of sp³-hybridized carbons (Fsp3) is 0.786. The van der Waals surface area contributed by atoms with E-state index >= 15 is 0 Å². The van der Waals surface area contributed by atoms with Gasteiger partial charge in [-0.05, 0) is 26.7 Å². The summed E-state index contributed by atoms with van der Waals surface area (Å²) in [6.45, 7) is 8.65. The molecular formula is C14H25N3O4. The first kappa shape index (κ1) is 17.4. The third kappa shape index (κ3) is 5.71. The predicted octanol–water partition coefficient (Wildman–Crippen LogP) is 0.352. The molecule has 1 heterocycles. The Labute approximate surface area is 125 Å². The number of urea groups is 1. The van der Waals surface area contributed by atoms with Crippen LogP contribution in [0, 0.1) is 11.8 Å². The molecule has 7 heteroatoms. The molecule has 0 radical (unpaired) electrons. The first-order valence-corrected chi connectivity index (χ1v) is 7.04. The summed E-state index contributed by atoms with van der Waals surface area (Å²) in [5, 5.41) is 4.95. The van der Waals surface area contributed by atoms with E-state index in [0.717, 1.165) is 0 Å². The van der Waals surface area contributed by atoms with Gasteiger partial charge in [0, 0.05) is 18.6 Å². The maximum atomic E-state index is 11.8. The molecule has 1 rings (SSSR count). The van der Waals surface area contributed by atoms with Crippen molar-refractivity contribution in [2.24, 2.45) is 11.8 Å². The molecule has 1 saturated heterocycles. The highest BCUT2D eigenvalue weighted by Crippen LogP contribution is 2.23. The van der Waals surface area contributed by atoms with Crippen molar-refractivity contribution < 1.29 is 19.1 Å². The third-order valence-corrected chi connectivity index (χ3v) is 3.30. The van der Waals surface area contributed by atoms with Crippen molar-refractivity contribution in [1.29, 1.82) is 0 Å². The molecule has 0 aromatic rings. The van der Waals surface area contributed by atoms with Gasteiger partial charge in [0.15, 0.2) is 0 Å². The summed E-state index contributed by atoms with van der Waals surface area (Å²) >= 11 is 0. The van der Waals surface area contributed by atoms with Gasteiger partial charge < -0.3 is 10.1 Å². The van der Waals surface area contributed by atoms with Gasteiger partial charge >= 0.3 is 12.0 Å². The highest BCUT2D eigenvalue weighted by molar-refractivity contribution is 5.95. The summed E-state index contributed by atoms with van der Waals surface area (Å²) < 4.78 is 4.75. The summed E-state index contributed by atoms with van der Waals surface area (Å²) in [5.74, 6) is -0.717. The minimum absolute atomic E-state index is 0.0927. The zero-order valence-electron chi connectivity index (χ0n) is 13.4. The molecule has 1 fully saturated rings. The van der Waals surface area contributed by atoms with Gasteiger partial charge in [0.25, 0.3) is 0 Å². The Hall–Kier alpha value is -1.63. The molecule has 0 aromatic heterocycles. The lowest BCUT2D eigenvalue weighted by Crippen LogP contribution is -2.50. The van der Waals surface area contributed by atoms with Crippen molar-refractivity contribution >= 4 is 17.9 Å². The first-order chi connectivity index (χ1) is 9.62. The Kier molecular flexibility index (Phi) is 5.71. The number of carbonyl (C=O) groups excluding carboxylic acids is 3. The highest BCUT2D eigenvalue weighted by Gasteiger charge is 2.36. The lowest BCUT2D eigenvalue weighted by atomic mass is 9.99. The number of esters is 1. The highest BCUT2D eigenvalue weighted by atomic mass is 16.5. The molecule has 3 amide bonds. The van der Waals surface area contributed by atoms with Crippen LogP contribution in [0.15, 0.2) is 0 Å². The van der Waals surface area contributed by atoms with Gasteiger partial charge in [-0.25, -0.2) is 4.79 Å². The van der Waals surface area contributed by atoms with E-state index in [1.807, 2.05) is 32.6 Å². The first-order valence-electron chi connectivity index (χ1n) is 7.04. The maximum Gasteiger partial charge on any atom is 0.321 e. The van der Waals surface area contributed by atoms with Crippen LogP contribution in [0.3, 0.4) is 0 Å². The van der Waals surface area contributed by atoms with Crippen LogP contribution >= 0.6 is 0 Å². The predicted molar refractivity (Wildman–Crippen MR) is 77.5 cm³/mol. The number of hydrogen-bond donors (Lipinski definition) is 2. The van der Waals surface area contributed by atoms with E-state index in [-0.39, 0.29) is 30.3 Å². The topological polar surface area (TPSA) is 87.7 Å². The van der Waals surface area contributed by atoms with E-state index < -0.39 is 11.6 Å². The van der Waals surface area contributed by atoms with E-state index in [9.17, 15) is 14.4 Å². The standard InChI is InChI=1S/C14H25N3O4/c1-9-6-17(7-10(9)12(19)21-5)8-11(18)15-13(20)16-14(2,3)4/h9-10H,6-8H2,1-5H3,(H2,15,16,18,20). The van der Waals surface area contributed by atoms with Gasteiger partial charge in [-0.1, -0.05) is 6.92 Å². The van der Waals surface area contributed by atoms with Crippen LogP contribution in [-0.2, 0) is 14.3 Å². The lowest BCUT2D eigenvalue weighted by molar-refractivity contribution is -0.146. The van der Waals surface area contributed by atoms with Crippen molar-refractivity contribution in [1.82, 2.24) is 15.5 Å². The van der Waals surface area contributed by atoms with E-state index in [4.69, 9.17) is 4.74 Å². The SMILES string of the molecule is COC(=O)C1CN(CC(=O)NC(=O)NC(C)(C)C)CC1C. The van der Waals surface area contributed by atoms with Gasteiger partial charge in [-0.2, -0.15) is 0 Å². The Balaban J connectivity index is 2.43. The van der Waals surface area contributed by atoms with E-state index in [0.29, 0.717) is 13.1 Å². The normalized spacial score (nSPS) is 22.7. The smallest absolute Gasteiger partial charge is 0.321 e. The van der Waals surface area contributed by atoms with Gasteiger partial charge in [-0.3, -0.25) is 19.8 Å².